The molecule has 1 fully saturated rings. The number of rotatable bonds is 4. The van der Waals surface area contributed by atoms with Crippen molar-refractivity contribution in [3.63, 3.8) is 0 Å². The Kier molecular flexibility index (Phi) is 5.07. The Labute approximate surface area is 126 Å². The van der Waals surface area contributed by atoms with Gasteiger partial charge < -0.3 is 20.3 Å². The van der Waals surface area contributed by atoms with Gasteiger partial charge in [0.1, 0.15) is 0 Å². The molecule has 0 spiro atoms. The number of amides is 1. The van der Waals surface area contributed by atoms with Crippen LogP contribution in [-0.2, 0) is 4.74 Å². The minimum absolute atomic E-state index is 0.0286. The maximum Gasteiger partial charge on any atom is 0.253 e. The summed E-state index contributed by atoms with van der Waals surface area (Å²) in [5, 5.41) is 0. The third kappa shape index (κ3) is 3.67. The largest absolute Gasteiger partial charge is 0.397 e. The number of piperidine rings is 1. The number of hydrogen-bond acceptors (Lipinski definition) is 4. The quantitative estimate of drug-likeness (QED) is 0.862. The zero-order valence-electron chi connectivity index (χ0n) is 13.1. The Morgan fingerprint density at radius 2 is 2.24 bits per heavy atom. The molecular formula is C16H25N3O2. The van der Waals surface area contributed by atoms with Crippen molar-refractivity contribution >= 4 is 17.3 Å². The van der Waals surface area contributed by atoms with E-state index in [1.807, 2.05) is 19.1 Å². The standard InChI is InChI=1S/C16H25N3O2/c1-4-21-13-6-5-9-19(11-13)15-8-7-12(10-14(15)17)16(20)18(2)3/h7-8,10,13H,4-6,9,11,17H2,1-3H3. The molecule has 1 amide bonds. The fourth-order valence-corrected chi connectivity index (χ4v) is 2.76. The first-order valence-corrected chi connectivity index (χ1v) is 7.50. The lowest BCUT2D eigenvalue weighted by molar-refractivity contribution is 0.0527. The van der Waals surface area contributed by atoms with Gasteiger partial charge in [-0.3, -0.25) is 4.79 Å². The van der Waals surface area contributed by atoms with Gasteiger partial charge in [0.2, 0.25) is 0 Å². The summed E-state index contributed by atoms with van der Waals surface area (Å²) in [5.74, 6) is -0.0286. The molecule has 116 valence electrons. The summed E-state index contributed by atoms with van der Waals surface area (Å²) in [6.07, 6.45) is 2.47. The molecule has 1 heterocycles. The Balaban J connectivity index is 2.15. The highest BCUT2D eigenvalue weighted by Gasteiger charge is 2.22. The van der Waals surface area contributed by atoms with Gasteiger partial charge in [0.25, 0.3) is 5.91 Å². The highest BCUT2D eigenvalue weighted by atomic mass is 16.5. The second kappa shape index (κ2) is 6.80. The molecule has 0 radical (unpaired) electrons. The van der Waals surface area contributed by atoms with Gasteiger partial charge in [-0.15, -0.1) is 0 Å². The SMILES string of the molecule is CCOC1CCCN(c2ccc(C(=O)N(C)C)cc2N)C1. The number of nitrogens with zero attached hydrogens (tertiary/aromatic N) is 2. The van der Waals surface area contributed by atoms with Gasteiger partial charge in [-0.2, -0.15) is 0 Å². The summed E-state index contributed by atoms with van der Waals surface area (Å²) < 4.78 is 5.72. The summed E-state index contributed by atoms with van der Waals surface area (Å²) in [7, 11) is 3.48. The Hall–Kier alpha value is -1.75. The first-order chi connectivity index (χ1) is 10.0. The molecule has 1 aromatic carbocycles. The smallest absolute Gasteiger partial charge is 0.253 e. The zero-order chi connectivity index (χ0) is 15.4. The predicted octanol–water partition coefficient (Wildman–Crippen LogP) is 1.98. The molecule has 1 atom stereocenters. The Bertz CT molecular complexity index is 500. The van der Waals surface area contributed by atoms with Crippen LogP contribution in [0.15, 0.2) is 18.2 Å². The molecule has 1 unspecified atom stereocenters. The molecule has 5 heteroatoms. The number of benzene rings is 1. The van der Waals surface area contributed by atoms with Crippen LogP contribution >= 0.6 is 0 Å². The maximum absolute atomic E-state index is 12.0. The van der Waals surface area contributed by atoms with E-state index in [1.165, 1.54) is 0 Å². The van der Waals surface area contributed by atoms with E-state index in [0.29, 0.717) is 11.3 Å². The number of nitrogens with two attached hydrogens (primary N) is 1. The monoisotopic (exact) mass is 291 g/mol. The average molecular weight is 291 g/mol. The van der Waals surface area contributed by atoms with E-state index in [4.69, 9.17) is 10.5 Å². The molecule has 5 nitrogen and oxygen atoms in total. The van der Waals surface area contributed by atoms with Gasteiger partial charge >= 0.3 is 0 Å². The molecule has 1 saturated heterocycles. The second-order valence-corrected chi connectivity index (χ2v) is 5.64. The predicted molar refractivity (Wildman–Crippen MR) is 85.7 cm³/mol. The molecule has 0 aromatic heterocycles. The molecule has 21 heavy (non-hydrogen) atoms. The highest BCUT2D eigenvalue weighted by molar-refractivity contribution is 5.95. The lowest BCUT2D eigenvalue weighted by atomic mass is 10.1. The van der Waals surface area contributed by atoms with Crippen molar-refractivity contribution in [1.82, 2.24) is 4.90 Å². The lowest BCUT2D eigenvalue weighted by Crippen LogP contribution is -2.40. The van der Waals surface area contributed by atoms with Gasteiger partial charge in [-0.1, -0.05) is 0 Å². The molecule has 0 aliphatic carbocycles. The first-order valence-electron chi connectivity index (χ1n) is 7.50. The van der Waals surface area contributed by atoms with Crippen molar-refractivity contribution < 1.29 is 9.53 Å². The summed E-state index contributed by atoms with van der Waals surface area (Å²) in [5.41, 5.74) is 8.43. The first kappa shape index (κ1) is 15.6. The fraction of sp³-hybridized carbons (Fsp3) is 0.562. The topological polar surface area (TPSA) is 58.8 Å². The molecule has 0 bridgehead atoms. The van der Waals surface area contributed by atoms with Crippen LogP contribution in [0.25, 0.3) is 0 Å². The van der Waals surface area contributed by atoms with Crippen LogP contribution in [0.4, 0.5) is 11.4 Å². The molecule has 1 aliphatic rings. The number of carbonyl (C=O) groups is 1. The van der Waals surface area contributed by atoms with Gasteiger partial charge in [-0.25, -0.2) is 0 Å². The molecule has 1 aliphatic heterocycles. The molecular weight excluding hydrogens is 266 g/mol. The molecule has 2 N–H and O–H groups in total. The summed E-state index contributed by atoms with van der Waals surface area (Å²) in [6.45, 7) is 4.60. The Morgan fingerprint density at radius 3 is 2.86 bits per heavy atom. The van der Waals surface area contributed by atoms with Crippen molar-refractivity contribution in [3.8, 4) is 0 Å². The number of nitrogen functional groups attached to an aromatic ring is 1. The third-order valence-corrected chi connectivity index (χ3v) is 3.80. The summed E-state index contributed by atoms with van der Waals surface area (Å²) >= 11 is 0. The summed E-state index contributed by atoms with van der Waals surface area (Å²) in [4.78, 5) is 15.8. The van der Waals surface area contributed by atoms with Crippen molar-refractivity contribution in [2.24, 2.45) is 0 Å². The van der Waals surface area contributed by atoms with E-state index in [2.05, 4.69) is 4.90 Å². The molecule has 0 saturated carbocycles. The van der Waals surface area contributed by atoms with Gasteiger partial charge in [0.05, 0.1) is 17.5 Å². The number of hydrogen-bond donors (Lipinski definition) is 1. The number of ether oxygens (including phenoxy) is 1. The van der Waals surface area contributed by atoms with Crippen LogP contribution in [0.5, 0.6) is 0 Å². The van der Waals surface area contributed by atoms with E-state index in [-0.39, 0.29) is 12.0 Å². The average Bonchev–Trinajstić information content (AvgIpc) is 2.47. The molecule has 1 aromatic rings. The van der Waals surface area contributed by atoms with Gasteiger partial charge in [0, 0.05) is 39.4 Å². The van der Waals surface area contributed by atoms with E-state index in [0.717, 1.165) is 38.2 Å². The summed E-state index contributed by atoms with van der Waals surface area (Å²) in [6, 6.07) is 5.56. The lowest BCUT2D eigenvalue weighted by Gasteiger charge is -2.35. The van der Waals surface area contributed by atoms with Crippen LogP contribution in [0.3, 0.4) is 0 Å². The molecule has 2 rings (SSSR count). The van der Waals surface area contributed by atoms with Crippen molar-refractivity contribution in [2.45, 2.75) is 25.9 Å². The van der Waals surface area contributed by atoms with E-state index >= 15 is 0 Å². The fourth-order valence-electron chi connectivity index (χ4n) is 2.76. The highest BCUT2D eigenvalue weighted by Crippen LogP contribution is 2.28. The van der Waals surface area contributed by atoms with Crippen LogP contribution in [-0.4, -0.2) is 50.7 Å². The zero-order valence-corrected chi connectivity index (χ0v) is 13.1. The van der Waals surface area contributed by atoms with Gasteiger partial charge in [0.15, 0.2) is 0 Å². The van der Waals surface area contributed by atoms with Crippen LogP contribution in [0.2, 0.25) is 0 Å². The Morgan fingerprint density at radius 1 is 1.48 bits per heavy atom. The van der Waals surface area contributed by atoms with Crippen LogP contribution < -0.4 is 10.6 Å². The van der Waals surface area contributed by atoms with Crippen molar-refractivity contribution in [1.29, 1.82) is 0 Å². The number of carbonyl (C=O) groups excluding carboxylic acids is 1. The maximum atomic E-state index is 12.0. The minimum atomic E-state index is -0.0286. The number of anilines is 2. The van der Waals surface area contributed by atoms with Crippen LogP contribution in [0.1, 0.15) is 30.1 Å². The van der Waals surface area contributed by atoms with Crippen molar-refractivity contribution in [3.05, 3.63) is 23.8 Å². The van der Waals surface area contributed by atoms with Crippen molar-refractivity contribution in [2.75, 3.05) is 44.4 Å². The van der Waals surface area contributed by atoms with E-state index < -0.39 is 0 Å². The third-order valence-electron chi connectivity index (χ3n) is 3.80. The van der Waals surface area contributed by atoms with Crippen LogP contribution in [0, 0.1) is 0 Å². The van der Waals surface area contributed by atoms with E-state index in [9.17, 15) is 4.79 Å². The second-order valence-electron chi connectivity index (χ2n) is 5.64. The van der Waals surface area contributed by atoms with E-state index in [1.54, 1.807) is 25.1 Å². The minimum Gasteiger partial charge on any atom is -0.397 e. The van der Waals surface area contributed by atoms with Gasteiger partial charge in [-0.05, 0) is 38.0 Å². The normalized spacial score (nSPS) is 18.6.